The molecule has 9 heteroatoms. The van der Waals surface area contributed by atoms with E-state index < -0.39 is 22.8 Å². The Kier molecular flexibility index (Phi) is 3.67. The van der Waals surface area contributed by atoms with E-state index in [1.54, 1.807) is 24.3 Å². The van der Waals surface area contributed by atoms with E-state index in [1.807, 2.05) is 0 Å². The molecule has 1 N–H and O–H groups in total. The third kappa shape index (κ3) is 2.98. The fourth-order valence-corrected chi connectivity index (χ4v) is 2.09. The summed E-state index contributed by atoms with van der Waals surface area (Å²) in [6.07, 6.45) is -0.412. The van der Waals surface area contributed by atoms with Gasteiger partial charge in [-0.3, -0.25) is 19.8 Å². The molecule has 0 unspecified atom stereocenters. The van der Waals surface area contributed by atoms with Crippen LogP contribution >= 0.6 is 0 Å². The van der Waals surface area contributed by atoms with Crippen LogP contribution in [0.4, 0.5) is 22.1 Å². The van der Waals surface area contributed by atoms with Crippen molar-refractivity contribution < 1.29 is 23.7 Å². The van der Waals surface area contributed by atoms with Crippen molar-refractivity contribution in [2.24, 2.45) is 0 Å². The Morgan fingerprint density at radius 2 is 1.96 bits per heavy atom. The summed E-state index contributed by atoms with van der Waals surface area (Å²) in [5.74, 6) is -1.27. The standard InChI is InChI=1S/C14H11N3O6/c18-13(11-5-6-12(23-11)17(20)21)15-9-1-3-10(4-2-9)16-7-8-22-14(16)19/h1-6H,7-8H2,(H,15,18). The Morgan fingerprint density at radius 1 is 1.22 bits per heavy atom. The highest BCUT2D eigenvalue weighted by molar-refractivity contribution is 6.02. The molecule has 2 aromatic rings. The van der Waals surface area contributed by atoms with Crippen molar-refractivity contribution in [2.45, 2.75) is 0 Å². The minimum absolute atomic E-state index is 0.163. The van der Waals surface area contributed by atoms with E-state index >= 15 is 0 Å². The van der Waals surface area contributed by atoms with Crippen molar-refractivity contribution in [3.63, 3.8) is 0 Å². The Balaban J connectivity index is 1.68. The average molecular weight is 317 g/mol. The summed E-state index contributed by atoms with van der Waals surface area (Å²) in [7, 11) is 0. The van der Waals surface area contributed by atoms with Gasteiger partial charge in [0, 0.05) is 11.4 Å². The minimum Gasteiger partial charge on any atom is -0.447 e. The van der Waals surface area contributed by atoms with Crippen LogP contribution in [0.1, 0.15) is 10.6 Å². The van der Waals surface area contributed by atoms with Gasteiger partial charge >= 0.3 is 12.0 Å². The maximum atomic E-state index is 11.9. The lowest BCUT2D eigenvalue weighted by atomic mass is 10.2. The molecule has 1 saturated heterocycles. The molecule has 1 aliphatic rings. The Bertz CT molecular complexity index is 767. The van der Waals surface area contributed by atoms with Gasteiger partial charge in [0.05, 0.1) is 12.6 Å². The largest absolute Gasteiger partial charge is 0.447 e. The number of carbonyl (C=O) groups is 2. The van der Waals surface area contributed by atoms with Crippen LogP contribution in [0.2, 0.25) is 0 Å². The summed E-state index contributed by atoms with van der Waals surface area (Å²) in [5, 5.41) is 13.1. The second-order valence-corrected chi connectivity index (χ2v) is 4.66. The number of furan rings is 1. The second kappa shape index (κ2) is 5.79. The molecule has 23 heavy (non-hydrogen) atoms. The molecule has 2 amide bonds. The summed E-state index contributed by atoms with van der Waals surface area (Å²) >= 11 is 0. The molecular weight excluding hydrogens is 306 g/mol. The molecule has 2 heterocycles. The molecule has 1 aromatic carbocycles. The number of carbonyl (C=O) groups excluding carboxylic acids is 2. The lowest BCUT2D eigenvalue weighted by molar-refractivity contribution is -0.402. The summed E-state index contributed by atoms with van der Waals surface area (Å²) in [6.45, 7) is 0.815. The number of hydrogen-bond donors (Lipinski definition) is 1. The fourth-order valence-electron chi connectivity index (χ4n) is 2.09. The van der Waals surface area contributed by atoms with Gasteiger partial charge in [0.2, 0.25) is 0 Å². The predicted octanol–water partition coefficient (Wildman–Crippen LogP) is 2.40. The first-order chi connectivity index (χ1) is 11.0. The van der Waals surface area contributed by atoms with Crippen molar-refractivity contribution in [2.75, 3.05) is 23.4 Å². The Hall–Kier alpha value is -3.36. The molecule has 0 spiro atoms. The summed E-state index contributed by atoms with van der Waals surface area (Å²) < 4.78 is 9.66. The zero-order valence-corrected chi connectivity index (χ0v) is 11.7. The third-order valence-electron chi connectivity index (χ3n) is 3.19. The van der Waals surface area contributed by atoms with E-state index in [-0.39, 0.29) is 5.76 Å². The van der Waals surface area contributed by atoms with E-state index in [9.17, 15) is 19.7 Å². The van der Waals surface area contributed by atoms with Crippen LogP contribution < -0.4 is 10.2 Å². The number of benzene rings is 1. The van der Waals surface area contributed by atoms with Crippen molar-refractivity contribution >= 4 is 29.3 Å². The zero-order chi connectivity index (χ0) is 16.4. The van der Waals surface area contributed by atoms with Crippen LogP contribution in [0.25, 0.3) is 0 Å². The quantitative estimate of drug-likeness (QED) is 0.684. The van der Waals surface area contributed by atoms with Crippen LogP contribution in [0.5, 0.6) is 0 Å². The molecule has 9 nitrogen and oxygen atoms in total. The first kappa shape index (κ1) is 14.6. The molecule has 0 aliphatic carbocycles. The zero-order valence-electron chi connectivity index (χ0n) is 11.7. The van der Waals surface area contributed by atoms with Crippen molar-refractivity contribution in [3.8, 4) is 0 Å². The molecule has 0 radical (unpaired) electrons. The van der Waals surface area contributed by atoms with Gasteiger partial charge in [0.25, 0.3) is 5.91 Å². The average Bonchev–Trinajstić information content (AvgIpc) is 3.17. The molecule has 0 atom stereocenters. The predicted molar refractivity (Wildman–Crippen MR) is 78.5 cm³/mol. The van der Waals surface area contributed by atoms with Gasteiger partial charge in [-0.2, -0.15) is 0 Å². The highest BCUT2D eigenvalue weighted by atomic mass is 16.6. The lowest BCUT2D eigenvalue weighted by Crippen LogP contribution is -2.23. The number of hydrogen-bond acceptors (Lipinski definition) is 6. The lowest BCUT2D eigenvalue weighted by Gasteiger charge is -2.13. The minimum atomic E-state index is -0.722. The molecule has 3 rings (SSSR count). The Morgan fingerprint density at radius 3 is 2.52 bits per heavy atom. The second-order valence-electron chi connectivity index (χ2n) is 4.66. The van der Waals surface area contributed by atoms with E-state index in [0.717, 1.165) is 6.07 Å². The normalized spacial score (nSPS) is 13.7. The molecule has 1 fully saturated rings. The number of nitro groups is 1. The topological polar surface area (TPSA) is 115 Å². The van der Waals surface area contributed by atoms with Crippen molar-refractivity contribution in [1.82, 2.24) is 0 Å². The summed E-state index contributed by atoms with van der Waals surface area (Å²) in [5.41, 5.74) is 1.12. The van der Waals surface area contributed by atoms with Gasteiger partial charge in [-0.15, -0.1) is 0 Å². The van der Waals surface area contributed by atoms with Gasteiger partial charge in [-0.1, -0.05) is 0 Å². The van der Waals surface area contributed by atoms with Gasteiger partial charge in [-0.05, 0) is 30.3 Å². The fraction of sp³-hybridized carbons (Fsp3) is 0.143. The molecule has 1 aromatic heterocycles. The number of amides is 2. The van der Waals surface area contributed by atoms with Crippen LogP contribution in [-0.2, 0) is 4.74 Å². The number of nitrogens with one attached hydrogen (secondary N) is 1. The van der Waals surface area contributed by atoms with Crippen LogP contribution in [-0.4, -0.2) is 30.1 Å². The summed E-state index contributed by atoms with van der Waals surface area (Å²) in [4.78, 5) is 34.7. The summed E-state index contributed by atoms with van der Waals surface area (Å²) in [6, 6.07) is 8.87. The number of cyclic esters (lactones) is 1. The van der Waals surface area contributed by atoms with Gasteiger partial charge in [0.1, 0.15) is 11.5 Å². The van der Waals surface area contributed by atoms with Crippen LogP contribution in [0.15, 0.2) is 40.8 Å². The first-order valence-corrected chi connectivity index (χ1v) is 6.64. The molecular formula is C14H11N3O6. The monoisotopic (exact) mass is 317 g/mol. The molecule has 118 valence electrons. The first-order valence-electron chi connectivity index (χ1n) is 6.64. The highest BCUT2D eigenvalue weighted by Gasteiger charge is 2.23. The Labute approximate surface area is 129 Å². The van der Waals surface area contributed by atoms with Crippen LogP contribution in [0.3, 0.4) is 0 Å². The van der Waals surface area contributed by atoms with E-state index in [2.05, 4.69) is 5.32 Å². The van der Waals surface area contributed by atoms with Gasteiger partial charge < -0.3 is 14.5 Å². The maximum absolute atomic E-state index is 11.9. The third-order valence-corrected chi connectivity index (χ3v) is 3.19. The van der Waals surface area contributed by atoms with Crippen LogP contribution in [0, 0.1) is 10.1 Å². The number of rotatable bonds is 4. The number of ether oxygens (including phenoxy) is 1. The molecule has 1 aliphatic heterocycles. The van der Waals surface area contributed by atoms with E-state index in [4.69, 9.17) is 9.15 Å². The van der Waals surface area contributed by atoms with Crippen molar-refractivity contribution in [3.05, 3.63) is 52.3 Å². The van der Waals surface area contributed by atoms with Gasteiger partial charge in [0.15, 0.2) is 5.76 Å². The SMILES string of the molecule is O=C(Nc1ccc(N2CCOC2=O)cc1)c1ccc([N+](=O)[O-])o1. The maximum Gasteiger partial charge on any atom is 0.433 e. The number of nitrogens with zero attached hydrogens (tertiary/aromatic N) is 2. The number of anilines is 2. The van der Waals surface area contributed by atoms with E-state index in [1.165, 1.54) is 11.0 Å². The van der Waals surface area contributed by atoms with Gasteiger partial charge in [-0.25, -0.2) is 4.79 Å². The molecule has 0 bridgehead atoms. The molecule has 0 saturated carbocycles. The highest BCUT2D eigenvalue weighted by Crippen LogP contribution is 2.22. The van der Waals surface area contributed by atoms with E-state index in [0.29, 0.717) is 24.5 Å². The van der Waals surface area contributed by atoms with Crippen molar-refractivity contribution in [1.29, 1.82) is 0 Å². The smallest absolute Gasteiger partial charge is 0.433 e.